The van der Waals surface area contributed by atoms with Gasteiger partial charge in [0, 0.05) is 0 Å². The monoisotopic (exact) mass is 165 g/mol. The van der Waals surface area contributed by atoms with Gasteiger partial charge in [0.1, 0.15) is 5.52 Å². The van der Waals surface area contributed by atoms with E-state index in [1.54, 1.807) is 6.33 Å². The Morgan fingerprint density at radius 1 is 1.45 bits per heavy atom. The normalized spacial score (nSPS) is 10.7. The summed E-state index contributed by atoms with van der Waals surface area (Å²) in [4.78, 5) is 7.02. The Bertz CT molecular complexity index is 392. The topological polar surface area (TPSA) is 28.7 Å². The van der Waals surface area contributed by atoms with Gasteiger partial charge >= 0.3 is 0 Å². The van der Waals surface area contributed by atoms with E-state index in [0.29, 0.717) is 5.02 Å². The van der Waals surface area contributed by atoms with Crippen molar-refractivity contribution < 1.29 is 0 Å². The fourth-order valence-corrected chi connectivity index (χ4v) is 1.23. The lowest BCUT2D eigenvalue weighted by atomic mass is 10.2. The third-order valence-electron chi connectivity index (χ3n) is 1.61. The van der Waals surface area contributed by atoms with Crippen LogP contribution in [-0.4, -0.2) is 9.97 Å². The lowest BCUT2D eigenvalue weighted by Crippen LogP contribution is -1.76. The van der Waals surface area contributed by atoms with Gasteiger partial charge in [-0.3, -0.25) is 0 Å². The fourth-order valence-electron chi connectivity index (χ4n) is 1.02. The number of imidazole rings is 1. The molecule has 0 amide bonds. The minimum Gasteiger partial charge on any atom is -0.345 e. The van der Waals surface area contributed by atoms with Crippen molar-refractivity contribution in [3.63, 3.8) is 0 Å². The summed E-state index contributed by atoms with van der Waals surface area (Å²) in [6.07, 6.45) is 1.62. The molecule has 0 fully saturated rings. The fraction of sp³-hybridized carbons (Fsp3) is 0. The SMILES string of the molecule is [CH2]c1ccc2[nH]cnc2c1Cl. The summed E-state index contributed by atoms with van der Waals surface area (Å²) in [5.74, 6) is 0. The number of aromatic nitrogens is 2. The summed E-state index contributed by atoms with van der Waals surface area (Å²) in [5, 5.41) is 0.628. The van der Waals surface area contributed by atoms with E-state index in [2.05, 4.69) is 16.9 Å². The summed E-state index contributed by atoms with van der Waals surface area (Å²) in [6.45, 7) is 3.76. The molecule has 2 aromatic rings. The summed E-state index contributed by atoms with van der Waals surface area (Å²) >= 11 is 5.92. The first-order valence-electron chi connectivity index (χ1n) is 3.22. The number of hydrogen-bond donors (Lipinski definition) is 1. The lowest BCUT2D eigenvalue weighted by Gasteiger charge is -1.95. The van der Waals surface area contributed by atoms with Crippen molar-refractivity contribution in [2.24, 2.45) is 0 Å². The molecule has 0 aliphatic rings. The van der Waals surface area contributed by atoms with Crippen LogP contribution < -0.4 is 0 Å². The molecule has 1 N–H and O–H groups in total. The Morgan fingerprint density at radius 3 is 3.09 bits per heavy atom. The van der Waals surface area contributed by atoms with E-state index < -0.39 is 0 Å². The lowest BCUT2D eigenvalue weighted by molar-refractivity contribution is 1.34. The van der Waals surface area contributed by atoms with Crippen LogP contribution in [0.2, 0.25) is 5.02 Å². The predicted octanol–water partition coefficient (Wildman–Crippen LogP) is 2.40. The number of fused-ring (bicyclic) bond motifs is 1. The van der Waals surface area contributed by atoms with E-state index in [0.717, 1.165) is 16.6 Å². The molecule has 1 aromatic carbocycles. The van der Waals surface area contributed by atoms with Crippen molar-refractivity contribution in [3.05, 3.63) is 36.0 Å². The van der Waals surface area contributed by atoms with Gasteiger partial charge < -0.3 is 4.98 Å². The predicted molar refractivity (Wildman–Crippen MR) is 45.6 cm³/mol. The smallest absolute Gasteiger partial charge is 0.107 e. The van der Waals surface area contributed by atoms with Crippen molar-refractivity contribution in [3.8, 4) is 0 Å². The van der Waals surface area contributed by atoms with Crippen LogP contribution in [0.1, 0.15) is 5.56 Å². The van der Waals surface area contributed by atoms with E-state index in [1.165, 1.54) is 0 Å². The average Bonchev–Trinajstić information content (AvgIpc) is 2.45. The van der Waals surface area contributed by atoms with Gasteiger partial charge in [-0.2, -0.15) is 0 Å². The van der Waals surface area contributed by atoms with Crippen LogP contribution in [0.25, 0.3) is 11.0 Å². The number of hydrogen-bond acceptors (Lipinski definition) is 1. The Hall–Kier alpha value is -1.02. The van der Waals surface area contributed by atoms with Crippen LogP contribution in [0.4, 0.5) is 0 Å². The first-order valence-corrected chi connectivity index (χ1v) is 3.60. The summed E-state index contributed by atoms with van der Waals surface area (Å²) in [7, 11) is 0. The second-order valence-electron chi connectivity index (χ2n) is 2.34. The van der Waals surface area contributed by atoms with E-state index >= 15 is 0 Å². The molecule has 2 nitrogen and oxygen atoms in total. The first-order chi connectivity index (χ1) is 5.29. The molecule has 1 radical (unpaired) electrons. The van der Waals surface area contributed by atoms with Crippen LogP contribution in [-0.2, 0) is 0 Å². The number of nitrogens with zero attached hydrogens (tertiary/aromatic N) is 1. The molecular weight excluding hydrogens is 160 g/mol. The Morgan fingerprint density at radius 2 is 2.27 bits per heavy atom. The third kappa shape index (κ3) is 0.906. The standard InChI is InChI=1S/C8H6ClN2/c1-5-2-3-6-8(7(5)9)11-4-10-6/h2-4H,1H2,(H,10,11). The van der Waals surface area contributed by atoms with E-state index in [9.17, 15) is 0 Å². The molecule has 0 aliphatic carbocycles. The Balaban J connectivity index is 2.93. The molecule has 11 heavy (non-hydrogen) atoms. The molecular formula is C8H6ClN2. The van der Waals surface area contributed by atoms with Crippen LogP contribution in [0.15, 0.2) is 18.5 Å². The molecule has 0 bridgehead atoms. The Labute approximate surface area is 69.2 Å². The van der Waals surface area contributed by atoms with E-state index in [-0.39, 0.29) is 0 Å². The number of nitrogens with one attached hydrogen (secondary N) is 1. The van der Waals surface area contributed by atoms with Gasteiger partial charge in [0.2, 0.25) is 0 Å². The maximum Gasteiger partial charge on any atom is 0.107 e. The summed E-state index contributed by atoms with van der Waals surface area (Å²) in [6, 6.07) is 3.78. The number of rotatable bonds is 0. The van der Waals surface area contributed by atoms with Gasteiger partial charge in [-0.15, -0.1) is 0 Å². The van der Waals surface area contributed by atoms with Crippen molar-refractivity contribution in [2.45, 2.75) is 0 Å². The summed E-state index contributed by atoms with van der Waals surface area (Å²) in [5.41, 5.74) is 2.55. The highest BCUT2D eigenvalue weighted by molar-refractivity contribution is 6.35. The maximum atomic E-state index is 5.92. The molecule has 0 aliphatic heterocycles. The zero-order valence-corrected chi connectivity index (χ0v) is 6.52. The van der Waals surface area contributed by atoms with Gasteiger partial charge in [-0.1, -0.05) is 17.7 Å². The number of H-pyrrole nitrogens is 1. The third-order valence-corrected chi connectivity index (χ3v) is 2.03. The first kappa shape index (κ1) is 6.68. The minimum absolute atomic E-state index is 0.628. The van der Waals surface area contributed by atoms with Gasteiger partial charge in [-0.05, 0) is 18.6 Å². The van der Waals surface area contributed by atoms with Gasteiger partial charge in [0.05, 0.1) is 16.9 Å². The zero-order chi connectivity index (χ0) is 7.84. The number of halogens is 1. The molecule has 0 saturated heterocycles. The van der Waals surface area contributed by atoms with Gasteiger partial charge in [0.15, 0.2) is 0 Å². The molecule has 0 saturated carbocycles. The van der Waals surface area contributed by atoms with Crippen LogP contribution in [0.3, 0.4) is 0 Å². The summed E-state index contributed by atoms with van der Waals surface area (Å²) < 4.78 is 0. The van der Waals surface area contributed by atoms with Crippen molar-refractivity contribution >= 4 is 22.6 Å². The molecule has 1 aromatic heterocycles. The highest BCUT2D eigenvalue weighted by Crippen LogP contribution is 2.23. The molecule has 0 spiro atoms. The van der Waals surface area contributed by atoms with Crippen molar-refractivity contribution in [2.75, 3.05) is 0 Å². The van der Waals surface area contributed by atoms with Crippen LogP contribution in [0.5, 0.6) is 0 Å². The van der Waals surface area contributed by atoms with Crippen molar-refractivity contribution in [1.82, 2.24) is 9.97 Å². The highest BCUT2D eigenvalue weighted by Gasteiger charge is 2.02. The molecule has 0 unspecified atom stereocenters. The second kappa shape index (κ2) is 2.24. The molecule has 55 valence electrons. The molecule has 0 atom stereocenters. The number of benzene rings is 1. The van der Waals surface area contributed by atoms with Crippen LogP contribution in [0, 0.1) is 6.92 Å². The van der Waals surface area contributed by atoms with Crippen LogP contribution >= 0.6 is 11.6 Å². The van der Waals surface area contributed by atoms with E-state index in [1.807, 2.05) is 12.1 Å². The minimum atomic E-state index is 0.628. The average molecular weight is 166 g/mol. The molecule has 2 rings (SSSR count). The Kier molecular flexibility index (Phi) is 1.36. The number of aromatic amines is 1. The second-order valence-corrected chi connectivity index (χ2v) is 2.72. The quantitative estimate of drug-likeness (QED) is 0.638. The molecule has 1 heterocycles. The maximum absolute atomic E-state index is 5.92. The van der Waals surface area contributed by atoms with Gasteiger partial charge in [-0.25, -0.2) is 4.98 Å². The largest absolute Gasteiger partial charge is 0.345 e. The van der Waals surface area contributed by atoms with E-state index in [4.69, 9.17) is 11.6 Å². The van der Waals surface area contributed by atoms with Gasteiger partial charge in [0.25, 0.3) is 0 Å². The molecule has 3 heteroatoms. The zero-order valence-electron chi connectivity index (χ0n) is 5.76. The highest BCUT2D eigenvalue weighted by atomic mass is 35.5. The van der Waals surface area contributed by atoms with Crippen molar-refractivity contribution in [1.29, 1.82) is 0 Å².